The molecule has 0 radical (unpaired) electrons. The first-order chi connectivity index (χ1) is 7.26. The first-order valence-corrected chi connectivity index (χ1v) is 4.99. The monoisotopic (exact) mass is 206 g/mol. The van der Waals surface area contributed by atoms with Gasteiger partial charge in [0.05, 0.1) is 6.61 Å². The molecule has 0 amide bonds. The summed E-state index contributed by atoms with van der Waals surface area (Å²) in [6.07, 6.45) is 4.18. The summed E-state index contributed by atoms with van der Waals surface area (Å²) in [7, 11) is 0. The van der Waals surface area contributed by atoms with Gasteiger partial charge in [-0.1, -0.05) is 36.4 Å². The maximum atomic E-state index is 9.18. The van der Waals surface area contributed by atoms with Gasteiger partial charge in [0.15, 0.2) is 0 Å². The lowest BCUT2D eigenvalue weighted by Gasteiger charge is -1.96. The molecule has 0 heterocycles. The summed E-state index contributed by atoms with van der Waals surface area (Å²) in [5, 5.41) is 0. The van der Waals surface area contributed by atoms with E-state index >= 15 is 0 Å². The van der Waals surface area contributed by atoms with Crippen LogP contribution in [0.15, 0.2) is 30.3 Å². The van der Waals surface area contributed by atoms with Gasteiger partial charge in [0, 0.05) is 0 Å². The molecule has 0 aromatic heterocycles. The summed E-state index contributed by atoms with van der Waals surface area (Å²) < 4.78 is 4.15. The Kier molecular flexibility index (Phi) is 8.06. The number of carbonyl (C=O) groups excluding carboxylic acids is 1. The van der Waals surface area contributed by atoms with Crippen LogP contribution in [0.2, 0.25) is 0 Å². The molecule has 0 saturated carbocycles. The third-order valence-electron chi connectivity index (χ3n) is 1.77. The van der Waals surface area contributed by atoms with E-state index in [1.165, 1.54) is 11.1 Å². The lowest BCUT2D eigenvalue weighted by Crippen LogP contribution is -1.80. The zero-order chi connectivity index (χ0) is 11.5. The zero-order valence-corrected chi connectivity index (χ0v) is 9.57. The van der Waals surface area contributed by atoms with Crippen molar-refractivity contribution in [2.75, 3.05) is 6.61 Å². The molecule has 0 aliphatic heterocycles. The Labute approximate surface area is 91.6 Å². The summed E-state index contributed by atoms with van der Waals surface area (Å²) in [6.45, 7) is 6.82. The molecule has 0 aliphatic rings. The van der Waals surface area contributed by atoms with Crippen molar-refractivity contribution in [3.8, 4) is 0 Å². The normalized spacial score (nSPS) is 9.27. The Morgan fingerprint density at radius 3 is 2.40 bits per heavy atom. The highest BCUT2D eigenvalue weighted by Crippen LogP contribution is 2.07. The Balaban J connectivity index is 0.000000336. The van der Waals surface area contributed by atoms with Gasteiger partial charge in [-0.3, -0.25) is 4.79 Å². The molecule has 0 spiro atoms. The molecule has 1 aromatic carbocycles. The van der Waals surface area contributed by atoms with Crippen LogP contribution in [0.3, 0.4) is 0 Å². The van der Waals surface area contributed by atoms with E-state index in [1.54, 1.807) is 6.92 Å². The summed E-state index contributed by atoms with van der Waals surface area (Å²) in [6, 6.07) is 8.36. The average molecular weight is 206 g/mol. The molecule has 1 rings (SSSR count). The van der Waals surface area contributed by atoms with Crippen LogP contribution in [-0.4, -0.2) is 13.1 Å². The number of allylic oxidation sites excluding steroid dienone is 1. The van der Waals surface area contributed by atoms with Crippen molar-refractivity contribution >= 4 is 12.5 Å². The summed E-state index contributed by atoms with van der Waals surface area (Å²) in [4.78, 5) is 9.18. The van der Waals surface area contributed by atoms with Gasteiger partial charge in [-0.2, -0.15) is 0 Å². The molecule has 0 bridgehead atoms. The number of hydrogen-bond acceptors (Lipinski definition) is 2. The third kappa shape index (κ3) is 6.49. The second-order valence-electron chi connectivity index (χ2n) is 2.91. The fourth-order valence-electron chi connectivity index (χ4n) is 1.02. The predicted octanol–water partition coefficient (Wildman–Crippen LogP) is 3.21. The van der Waals surface area contributed by atoms with Crippen molar-refractivity contribution < 1.29 is 9.53 Å². The van der Waals surface area contributed by atoms with E-state index < -0.39 is 0 Å². The van der Waals surface area contributed by atoms with Crippen molar-refractivity contribution in [1.29, 1.82) is 0 Å². The van der Waals surface area contributed by atoms with Crippen molar-refractivity contribution in [3.05, 3.63) is 41.5 Å². The van der Waals surface area contributed by atoms with Crippen LogP contribution in [0.5, 0.6) is 0 Å². The Morgan fingerprint density at radius 1 is 1.33 bits per heavy atom. The van der Waals surface area contributed by atoms with E-state index in [9.17, 15) is 4.79 Å². The van der Waals surface area contributed by atoms with Gasteiger partial charge in [0.2, 0.25) is 0 Å². The van der Waals surface area contributed by atoms with Crippen molar-refractivity contribution in [2.24, 2.45) is 0 Å². The quantitative estimate of drug-likeness (QED) is 0.710. The van der Waals surface area contributed by atoms with Gasteiger partial charge < -0.3 is 4.74 Å². The van der Waals surface area contributed by atoms with E-state index in [2.05, 4.69) is 48.1 Å². The molecular formula is C13H18O2. The maximum absolute atomic E-state index is 9.18. The van der Waals surface area contributed by atoms with E-state index in [0.717, 1.165) is 0 Å². The smallest absolute Gasteiger partial charge is 0.293 e. The first kappa shape index (κ1) is 13.4. The number of carbonyl (C=O) groups is 1. The van der Waals surface area contributed by atoms with E-state index in [1.807, 2.05) is 6.92 Å². The van der Waals surface area contributed by atoms with E-state index in [-0.39, 0.29) is 0 Å². The lowest BCUT2D eigenvalue weighted by molar-refractivity contribution is -0.128. The van der Waals surface area contributed by atoms with Crippen LogP contribution in [0.4, 0.5) is 0 Å². The largest absolute Gasteiger partial charge is 0.468 e. The van der Waals surface area contributed by atoms with Gasteiger partial charge in [-0.15, -0.1) is 0 Å². The van der Waals surface area contributed by atoms with Crippen molar-refractivity contribution in [2.45, 2.75) is 20.8 Å². The van der Waals surface area contributed by atoms with Gasteiger partial charge in [0.25, 0.3) is 6.47 Å². The van der Waals surface area contributed by atoms with Gasteiger partial charge >= 0.3 is 0 Å². The molecule has 82 valence electrons. The number of aryl methyl sites for hydroxylation is 1. The molecule has 1 aromatic rings. The predicted molar refractivity (Wildman–Crippen MR) is 63.6 cm³/mol. The molecule has 0 unspecified atom stereocenters. The van der Waals surface area contributed by atoms with Crippen LogP contribution in [-0.2, 0) is 9.53 Å². The molecule has 0 aliphatic carbocycles. The second kappa shape index (κ2) is 9.00. The molecule has 0 fully saturated rings. The number of benzene rings is 1. The number of ether oxygens (including phenoxy) is 1. The van der Waals surface area contributed by atoms with Gasteiger partial charge in [-0.05, 0) is 31.9 Å². The average Bonchev–Trinajstić information content (AvgIpc) is 2.24. The fourth-order valence-corrected chi connectivity index (χ4v) is 1.02. The minimum atomic E-state index is 0.431. The standard InChI is InChI=1S/C10H12.C3H6O2/c1-3-6-10-8-5-4-7-9(10)2;1-2-5-3-4/h3-8H,1-2H3;3H,2H2,1H3/b6-3+;. The highest BCUT2D eigenvalue weighted by molar-refractivity contribution is 5.52. The maximum Gasteiger partial charge on any atom is 0.293 e. The van der Waals surface area contributed by atoms with Crippen LogP contribution < -0.4 is 0 Å². The summed E-state index contributed by atoms with van der Waals surface area (Å²) >= 11 is 0. The topological polar surface area (TPSA) is 26.3 Å². The second-order valence-corrected chi connectivity index (χ2v) is 2.91. The molecule has 15 heavy (non-hydrogen) atoms. The molecule has 0 atom stereocenters. The molecule has 0 saturated heterocycles. The van der Waals surface area contributed by atoms with Gasteiger partial charge in [0.1, 0.15) is 0 Å². The van der Waals surface area contributed by atoms with Crippen LogP contribution in [0, 0.1) is 6.92 Å². The molecule has 2 nitrogen and oxygen atoms in total. The van der Waals surface area contributed by atoms with Crippen LogP contribution in [0.25, 0.3) is 6.08 Å². The van der Waals surface area contributed by atoms with Crippen LogP contribution in [0.1, 0.15) is 25.0 Å². The lowest BCUT2D eigenvalue weighted by atomic mass is 10.1. The minimum Gasteiger partial charge on any atom is -0.468 e. The van der Waals surface area contributed by atoms with Crippen LogP contribution >= 0.6 is 0 Å². The van der Waals surface area contributed by atoms with Gasteiger partial charge in [-0.25, -0.2) is 0 Å². The molecular weight excluding hydrogens is 188 g/mol. The van der Waals surface area contributed by atoms with Crippen molar-refractivity contribution in [1.82, 2.24) is 0 Å². The zero-order valence-electron chi connectivity index (χ0n) is 9.57. The Morgan fingerprint density at radius 2 is 2.00 bits per heavy atom. The summed E-state index contributed by atoms with van der Waals surface area (Å²) in [5.41, 5.74) is 2.64. The highest BCUT2D eigenvalue weighted by Gasteiger charge is 1.87. The fraction of sp³-hybridized carbons (Fsp3) is 0.308. The SMILES string of the molecule is C/C=C/c1ccccc1C.CCOC=O. The number of rotatable bonds is 3. The Hall–Kier alpha value is -1.57. The highest BCUT2D eigenvalue weighted by atomic mass is 16.5. The minimum absolute atomic E-state index is 0.431. The molecule has 2 heteroatoms. The van der Waals surface area contributed by atoms with E-state index in [0.29, 0.717) is 13.1 Å². The van der Waals surface area contributed by atoms with E-state index in [4.69, 9.17) is 0 Å². The van der Waals surface area contributed by atoms with Crippen molar-refractivity contribution in [3.63, 3.8) is 0 Å². The molecule has 0 N–H and O–H groups in total. The third-order valence-corrected chi connectivity index (χ3v) is 1.77. The summed E-state index contributed by atoms with van der Waals surface area (Å²) in [5.74, 6) is 0. The Bertz CT molecular complexity index is 303. The number of hydrogen-bond donors (Lipinski definition) is 0. The first-order valence-electron chi connectivity index (χ1n) is 4.99.